The van der Waals surface area contributed by atoms with E-state index >= 15 is 0 Å². The number of ketones is 1. The van der Waals surface area contributed by atoms with E-state index in [2.05, 4.69) is 0 Å². The Labute approximate surface area is 141 Å². The van der Waals surface area contributed by atoms with Crippen molar-refractivity contribution in [2.24, 2.45) is 5.92 Å². The minimum atomic E-state index is -0.786. The molecule has 0 spiro atoms. The Morgan fingerprint density at radius 2 is 2.00 bits per heavy atom. The molecule has 6 nitrogen and oxygen atoms in total. The first kappa shape index (κ1) is 18.0. The van der Waals surface area contributed by atoms with Crippen LogP contribution in [0.2, 0.25) is 0 Å². The molecule has 0 fully saturated rings. The second-order valence-corrected chi connectivity index (χ2v) is 6.21. The molecule has 0 N–H and O–H groups in total. The molecular formula is C18H23NO5. The quantitative estimate of drug-likeness (QED) is 0.591. The molecule has 0 saturated heterocycles. The van der Waals surface area contributed by atoms with Gasteiger partial charge in [-0.25, -0.2) is 4.79 Å². The van der Waals surface area contributed by atoms with E-state index in [9.17, 15) is 14.4 Å². The van der Waals surface area contributed by atoms with Crippen molar-refractivity contribution in [2.45, 2.75) is 40.2 Å². The molecule has 1 aromatic rings. The van der Waals surface area contributed by atoms with Gasteiger partial charge in [-0.3, -0.25) is 14.5 Å². The lowest BCUT2D eigenvalue weighted by atomic mass is 10.1. The van der Waals surface area contributed by atoms with Crippen molar-refractivity contribution in [1.82, 2.24) is 0 Å². The highest BCUT2D eigenvalue weighted by atomic mass is 16.5. The number of amides is 1. The van der Waals surface area contributed by atoms with Crippen LogP contribution in [0.1, 0.15) is 44.5 Å². The van der Waals surface area contributed by atoms with Gasteiger partial charge in [0.15, 0.2) is 12.4 Å². The third-order valence-electron chi connectivity index (χ3n) is 3.77. The molecule has 1 unspecified atom stereocenters. The Bertz CT molecular complexity index is 653. The number of hydrogen-bond donors (Lipinski definition) is 0. The molecule has 0 bridgehead atoms. The fraction of sp³-hybridized carbons (Fsp3) is 0.500. The summed E-state index contributed by atoms with van der Waals surface area (Å²) in [5.74, 6) is -0.158. The molecule has 0 saturated carbocycles. The maximum absolute atomic E-state index is 12.3. The zero-order valence-corrected chi connectivity index (χ0v) is 14.5. The van der Waals surface area contributed by atoms with Gasteiger partial charge in [0.05, 0.1) is 12.3 Å². The van der Waals surface area contributed by atoms with E-state index in [0.29, 0.717) is 30.0 Å². The molecule has 6 heteroatoms. The van der Waals surface area contributed by atoms with Crippen molar-refractivity contribution in [3.63, 3.8) is 0 Å². The average Bonchev–Trinajstić information content (AvgIpc) is 2.57. The fourth-order valence-corrected chi connectivity index (χ4v) is 2.45. The Morgan fingerprint density at radius 3 is 2.62 bits per heavy atom. The maximum Gasteiger partial charge on any atom is 0.328 e. The number of carbonyl (C=O) groups excluding carboxylic acids is 3. The minimum Gasteiger partial charge on any atom is -0.482 e. The number of carbonyl (C=O) groups is 3. The van der Waals surface area contributed by atoms with Crippen molar-refractivity contribution in [2.75, 3.05) is 18.1 Å². The minimum absolute atomic E-state index is 0.0363. The van der Waals surface area contributed by atoms with Gasteiger partial charge in [0, 0.05) is 12.0 Å². The lowest BCUT2D eigenvalue weighted by Gasteiger charge is -2.33. The van der Waals surface area contributed by atoms with Crippen LogP contribution in [0.4, 0.5) is 5.69 Å². The van der Waals surface area contributed by atoms with E-state index in [0.717, 1.165) is 0 Å². The molecule has 1 amide bonds. The third-order valence-corrected chi connectivity index (χ3v) is 3.77. The molecule has 1 aromatic carbocycles. The van der Waals surface area contributed by atoms with Gasteiger partial charge < -0.3 is 9.47 Å². The third kappa shape index (κ3) is 3.75. The Morgan fingerprint density at radius 1 is 1.29 bits per heavy atom. The van der Waals surface area contributed by atoms with Crippen molar-refractivity contribution < 1.29 is 23.9 Å². The number of rotatable bonds is 6. The second-order valence-electron chi connectivity index (χ2n) is 6.21. The Hall–Kier alpha value is -2.37. The van der Waals surface area contributed by atoms with Gasteiger partial charge in [0.2, 0.25) is 0 Å². The number of nitrogens with zero attached hydrogens (tertiary/aromatic N) is 1. The summed E-state index contributed by atoms with van der Waals surface area (Å²) in [6.07, 6.45) is 0.361. The molecule has 0 aromatic heterocycles. The van der Waals surface area contributed by atoms with Crippen LogP contribution in [0, 0.1) is 5.92 Å². The summed E-state index contributed by atoms with van der Waals surface area (Å²) in [6.45, 7) is 7.42. The van der Waals surface area contributed by atoms with E-state index in [1.165, 1.54) is 4.90 Å². The smallest absolute Gasteiger partial charge is 0.328 e. The zero-order valence-electron chi connectivity index (χ0n) is 14.5. The van der Waals surface area contributed by atoms with Gasteiger partial charge in [-0.05, 0) is 31.0 Å². The van der Waals surface area contributed by atoms with Crippen LogP contribution >= 0.6 is 0 Å². The lowest BCUT2D eigenvalue weighted by molar-refractivity contribution is -0.147. The number of fused-ring (bicyclic) bond motifs is 1. The van der Waals surface area contributed by atoms with E-state index < -0.39 is 12.0 Å². The Balaban J connectivity index is 2.32. The molecule has 1 aliphatic rings. The van der Waals surface area contributed by atoms with E-state index in [1.54, 1.807) is 32.0 Å². The summed E-state index contributed by atoms with van der Waals surface area (Å²) in [7, 11) is 0. The molecule has 1 heterocycles. The number of Topliss-reactive ketones (excluding diaryl/α,β-unsaturated/α-hetero) is 1. The first-order valence-corrected chi connectivity index (χ1v) is 8.13. The molecule has 1 atom stereocenters. The van der Waals surface area contributed by atoms with Crippen molar-refractivity contribution in [3.8, 4) is 5.75 Å². The topological polar surface area (TPSA) is 72.9 Å². The molecule has 2 rings (SSSR count). The number of benzene rings is 1. The zero-order chi connectivity index (χ0) is 17.9. The average molecular weight is 333 g/mol. The van der Waals surface area contributed by atoms with Gasteiger partial charge in [0.25, 0.3) is 5.91 Å². The summed E-state index contributed by atoms with van der Waals surface area (Å²) >= 11 is 0. The monoisotopic (exact) mass is 333 g/mol. The largest absolute Gasteiger partial charge is 0.482 e. The second kappa shape index (κ2) is 7.47. The molecule has 1 aliphatic heterocycles. The van der Waals surface area contributed by atoms with Crippen molar-refractivity contribution in [3.05, 3.63) is 23.8 Å². The van der Waals surface area contributed by atoms with E-state index in [4.69, 9.17) is 9.47 Å². The molecular weight excluding hydrogens is 310 g/mol. The summed E-state index contributed by atoms with van der Waals surface area (Å²) in [4.78, 5) is 37.8. The number of hydrogen-bond acceptors (Lipinski definition) is 5. The van der Waals surface area contributed by atoms with Crippen molar-refractivity contribution >= 4 is 23.3 Å². The Kier molecular flexibility index (Phi) is 5.59. The van der Waals surface area contributed by atoms with Crippen LogP contribution in [0.5, 0.6) is 5.75 Å². The van der Waals surface area contributed by atoms with Crippen LogP contribution in [0.3, 0.4) is 0 Å². The van der Waals surface area contributed by atoms with Crippen LogP contribution in [0.15, 0.2) is 18.2 Å². The van der Waals surface area contributed by atoms with Gasteiger partial charge in [-0.1, -0.05) is 20.8 Å². The van der Waals surface area contributed by atoms with E-state index in [-0.39, 0.29) is 24.2 Å². The standard InChI is InChI=1S/C18H23NO5/c1-5-15(20)13-6-7-16-14(8-13)19(17(21)10-23-16)12(4)18(22)24-9-11(2)3/h6-8,11-12H,5,9-10H2,1-4H3. The van der Waals surface area contributed by atoms with Crippen LogP contribution < -0.4 is 9.64 Å². The van der Waals surface area contributed by atoms with Crippen molar-refractivity contribution in [1.29, 1.82) is 0 Å². The van der Waals surface area contributed by atoms with Gasteiger partial charge in [0.1, 0.15) is 11.8 Å². The predicted molar refractivity (Wildman–Crippen MR) is 89.3 cm³/mol. The van der Waals surface area contributed by atoms with Crippen LogP contribution in [-0.2, 0) is 14.3 Å². The number of esters is 1. The first-order chi connectivity index (χ1) is 11.3. The summed E-state index contributed by atoms with van der Waals surface area (Å²) in [5.41, 5.74) is 0.918. The lowest BCUT2D eigenvalue weighted by Crippen LogP contribution is -2.48. The molecule has 0 aliphatic carbocycles. The van der Waals surface area contributed by atoms with Crippen LogP contribution in [0.25, 0.3) is 0 Å². The summed E-state index contributed by atoms with van der Waals surface area (Å²) in [6, 6.07) is 4.14. The highest BCUT2D eigenvalue weighted by Crippen LogP contribution is 2.34. The number of ether oxygens (including phenoxy) is 2. The summed E-state index contributed by atoms with van der Waals surface area (Å²) in [5, 5.41) is 0. The normalized spacial score (nSPS) is 14.9. The van der Waals surface area contributed by atoms with Crippen LogP contribution in [-0.4, -0.2) is 36.9 Å². The summed E-state index contributed by atoms with van der Waals surface area (Å²) < 4.78 is 10.6. The maximum atomic E-state index is 12.3. The van der Waals surface area contributed by atoms with E-state index in [1.807, 2.05) is 13.8 Å². The molecule has 130 valence electrons. The van der Waals surface area contributed by atoms with Gasteiger partial charge >= 0.3 is 5.97 Å². The predicted octanol–water partition coefficient (Wildman–Crippen LogP) is 2.59. The molecule has 24 heavy (non-hydrogen) atoms. The van der Waals surface area contributed by atoms with Gasteiger partial charge in [-0.2, -0.15) is 0 Å². The molecule has 0 radical (unpaired) electrons. The number of anilines is 1. The highest BCUT2D eigenvalue weighted by Gasteiger charge is 2.34. The SMILES string of the molecule is CCC(=O)c1ccc2c(c1)N(C(C)C(=O)OCC(C)C)C(=O)CO2. The fourth-order valence-electron chi connectivity index (χ4n) is 2.45. The highest BCUT2D eigenvalue weighted by molar-refractivity contribution is 6.04. The van der Waals surface area contributed by atoms with Gasteiger partial charge in [-0.15, -0.1) is 0 Å². The first-order valence-electron chi connectivity index (χ1n) is 8.13.